The monoisotopic (exact) mass is 407 g/mol. The fourth-order valence-corrected chi connectivity index (χ4v) is 3.90. The van der Waals surface area contributed by atoms with Crippen molar-refractivity contribution >= 4 is 11.7 Å². The number of phenols is 1. The molecule has 4 N–H and O–H groups in total. The van der Waals surface area contributed by atoms with Crippen LogP contribution in [-0.2, 0) is 5.41 Å². The van der Waals surface area contributed by atoms with Crippen LogP contribution in [0.2, 0.25) is 0 Å². The number of nitrogens with two attached hydrogens (primary N) is 1. The minimum atomic E-state index is -0.828. The SMILES string of the molecule is Cc1cc(C(N)=O)c(O)c(-c2ccc(NCC3(c4ccccn4)CC(F)C3)nn2)c1. The second kappa shape index (κ2) is 7.70. The maximum Gasteiger partial charge on any atom is 0.252 e. The number of rotatable bonds is 6. The molecule has 154 valence electrons. The van der Waals surface area contributed by atoms with Gasteiger partial charge in [0.15, 0.2) is 0 Å². The fourth-order valence-electron chi connectivity index (χ4n) is 3.90. The summed E-state index contributed by atoms with van der Waals surface area (Å²) in [5, 5.41) is 21.9. The minimum Gasteiger partial charge on any atom is -0.506 e. The van der Waals surface area contributed by atoms with Crippen LogP contribution in [0.1, 0.15) is 34.5 Å². The Morgan fingerprint density at radius 2 is 2.07 bits per heavy atom. The molecule has 0 aliphatic heterocycles. The van der Waals surface area contributed by atoms with E-state index < -0.39 is 12.1 Å². The van der Waals surface area contributed by atoms with Gasteiger partial charge in [0.05, 0.1) is 11.3 Å². The Hall–Kier alpha value is -3.55. The number of aromatic hydroxyl groups is 1. The summed E-state index contributed by atoms with van der Waals surface area (Å²) in [5.74, 6) is -0.408. The Labute approximate surface area is 173 Å². The molecule has 1 fully saturated rings. The maximum atomic E-state index is 13.7. The van der Waals surface area contributed by atoms with Crippen molar-refractivity contribution in [2.75, 3.05) is 11.9 Å². The fraction of sp³-hybridized carbons (Fsp3) is 0.273. The average Bonchev–Trinajstić information content (AvgIpc) is 2.72. The van der Waals surface area contributed by atoms with Gasteiger partial charge in [0.25, 0.3) is 5.91 Å². The van der Waals surface area contributed by atoms with Crippen LogP contribution in [0.4, 0.5) is 10.2 Å². The standard InChI is InChI=1S/C22H22FN5O2/c1-13-8-15(20(29)16(9-13)21(24)30)17-5-6-19(28-27-17)26-12-22(10-14(23)11-22)18-4-2-3-7-25-18/h2-9,14,29H,10-12H2,1H3,(H2,24,30)(H,26,28). The quantitative estimate of drug-likeness (QED) is 0.578. The molecule has 1 aliphatic carbocycles. The van der Waals surface area contributed by atoms with Crippen molar-refractivity contribution in [1.29, 1.82) is 0 Å². The number of carbonyl (C=O) groups excluding carboxylic acids is 1. The molecule has 0 atom stereocenters. The molecule has 0 radical (unpaired) electrons. The van der Waals surface area contributed by atoms with Gasteiger partial charge >= 0.3 is 0 Å². The molecule has 0 unspecified atom stereocenters. The van der Waals surface area contributed by atoms with Crippen LogP contribution < -0.4 is 11.1 Å². The molecule has 1 saturated carbocycles. The molecule has 4 rings (SSSR count). The molecular formula is C22H22FN5O2. The molecule has 8 heteroatoms. The summed E-state index contributed by atoms with van der Waals surface area (Å²) in [6.07, 6.45) is 1.71. The number of nitrogens with one attached hydrogen (secondary N) is 1. The van der Waals surface area contributed by atoms with E-state index in [0.29, 0.717) is 36.5 Å². The van der Waals surface area contributed by atoms with E-state index in [1.807, 2.05) is 18.2 Å². The number of primary amides is 1. The highest BCUT2D eigenvalue weighted by molar-refractivity contribution is 5.98. The van der Waals surface area contributed by atoms with Crippen molar-refractivity contribution in [2.24, 2.45) is 5.73 Å². The van der Waals surface area contributed by atoms with E-state index in [-0.39, 0.29) is 16.7 Å². The van der Waals surface area contributed by atoms with Crippen LogP contribution in [0, 0.1) is 6.92 Å². The van der Waals surface area contributed by atoms with Gasteiger partial charge in [-0.05, 0) is 61.7 Å². The summed E-state index contributed by atoms with van der Waals surface area (Å²) in [6, 6.07) is 12.3. The second-order valence-electron chi connectivity index (χ2n) is 7.73. The smallest absolute Gasteiger partial charge is 0.252 e. The highest BCUT2D eigenvalue weighted by Gasteiger charge is 2.47. The predicted octanol–water partition coefficient (Wildman–Crippen LogP) is 3.13. The normalized spacial score (nSPS) is 20.4. The third kappa shape index (κ3) is 3.68. The summed E-state index contributed by atoms with van der Waals surface area (Å²) in [6.45, 7) is 2.28. The van der Waals surface area contributed by atoms with Crippen molar-refractivity contribution < 1.29 is 14.3 Å². The maximum absolute atomic E-state index is 13.7. The first-order valence-electron chi connectivity index (χ1n) is 9.65. The Morgan fingerprint density at radius 1 is 1.27 bits per heavy atom. The summed E-state index contributed by atoms with van der Waals surface area (Å²) >= 11 is 0. The zero-order valence-corrected chi connectivity index (χ0v) is 16.5. The topological polar surface area (TPSA) is 114 Å². The highest BCUT2D eigenvalue weighted by atomic mass is 19.1. The van der Waals surface area contributed by atoms with Gasteiger partial charge in [0.2, 0.25) is 0 Å². The van der Waals surface area contributed by atoms with Gasteiger partial charge in [-0.3, -0.25) is 9.78 Å². The minimum absolute atomic E-state index is 0.0389. The van der Waals surface area contributed by atoms with Crippen LogP contribution in [0.3, 0.4) is 0 Å². The first-order valence-corrected chi connectivity index (χ1v) is 9.65. The lowest BCUT2D eigenvalue weighted by atomic mass is 9.65. The molecule has 1 aliphatic rings. The van der Waals surface area contributed by atoms with E-state index in [2.05, 4.69) is 20.5 Å². The van der Waals surface area contributed by atoms with E-state index in [1.54, 1.807) is 31.3 Å². The predicted molar refractivity (Wildman–Crippen MR) is 111 cm³/mol. The van der Waals surface area contributed by atoms with E-state index in [0.717, 1.165) is 11.3 Å². The van der Waals surface area contributed by atoms with Gasteiger partial charge in [-0.25, -0.2) is 4.39 Å². The molecule has 30 heavy (non-hydrogen) atoms. The molecule has 0 bridgehead atoms. The molecule has 0 spiro atoms. The number of hydrogen-bond acceptors (Lipinski definition) is 6. The number of aryl methyl sites for hydroxylation is 1. The number of aromatic nitrogens is 3. The number of amides is 1. The Balaban J connectivity index is 1.53. The van der Waals surface area contributed by atoms with Crippen molar-refractivity contribution in [3.8, 4) is 17.0 Å². The van der Waals surface area contributed by atoms with Crippen molar-refractivity contribution in [3.63, 3.8) is 0 Å². The number of benzene rings is 1. The number of alkyl halides is 1. The summed E-state index contributed by atoms with van der Waals surface area (Å²) in [4.78, 5) is 16.0. The van der Waals surface area contributed by atoms with E-state index in [1.165, 1.54) is 6.07 Å². The number of hydrogen-bond donors (Lipinski definition) is 3. The number of halogens is 1. The summed E-state index contributed by atoms with van der Waals surface area (Å²) in [5.41, 5.74) is 7.43. The third-order valence-corrected chi connectivity index (χ3v) is 5.50. The van der Waals surface area contributed by atoms with Crippen molar-refractivity contribution in [2.45, 2.75) is 31.4 Å². The second-order valence-corrected chi connectivity index (χ2v) is 7.73. The van der Waals surface area contributed by atoms with E-state index >= 15 is 0 Å². The number of carbonyl (C=O) groups is 1. The van der Waals surface area contributed by atoms with Crippen LogP contribution in [0.15, 0.2) is 48.7 Å². The Kier molecular flexibility index (Phi) is 5.07. The van der Waals surface area contributed by atoms with Crippen molar-refractivity contribution in [1.82, 2.24) is 15.2 Å². The lowest BCUT2D eigenvalue weighted by molar-refractivity contribution is 0.0992. The Bertz CT molecular complexity index is 1070. The number of anilines is 1. The molecule has 7 nitrogen and oxygen atoms in total. The van der Waals surface area contributed by atoms with Crippen LogP contribution >= 0.6 is 0 Å². The van der Waals surface area contributed by atoms with Gasteiger partial charge in [-0.1, -0.05) is 6.07 Å². The Morgan fingerprint density at radius 3 is 2.67 bits per heavy atom. The summed E-state index contributed by atoms with van der Waals surface area (Å²) in [7, 11) is 0. The highest BCUT2D eigenvalue weighted by Crippen LogP contribution is 2.44. The zero-order chi connectivity index (χ0) is 21.3. The van der Waals surface area contributed by atoms with Crippen molar-refractivity contribution in [3.05, 3.63) is 65.5 Å². The summed E-state index contributed by atoms with van der Waals surface area (Å²) < 4.78 is 13.7. The molecule has 1 aromatic carbocycles. The lowest BCUT2D eigenvalue weighted by Crippen LogP contribution is -2.48. The van der Waals surface area contributed by atoms with E-state index in [4.69, 9.17) is 5.73 Å². The van der Waals surface area contributed by atoms with Gasteiger partial charge in [0.1, 0.15) is 17.7 Å². The first kappa shape index (κ1) is 19.8. The van der Waals surface area contributed by atoms with Crippen LogP contribution in [0.25, 0.3) is 11.3 Å². The van der Waals surface area contributed by atoms with Gasteiger partial charge < -0.3 is 16.2 Å². The van der Waals surface area contributed by atoms with Gasteiger partial charge in [-0.15, -0.1) is 10.2 Å². The zero-order valence-electron chi connectivity index (χ0n) is 16.5. The molecule has 3 aromatic rings. The van der Waals surface area contributed by atoms with Gasteiger partial charge in [-0.2, -0.15) is 0 Å². The molecule has 0 saturated heterocycles. The largest absolute Gasteiger partial charge is 0.506 e. The molecule has 1 amide bonds. The molecular weight excluding hydrogens is 385 g/mol. The molecule has 2 heterocycles. The number of pyridine rings is 1. The van der Waals surface area contributed by atoms with Crippen LogP contribution in [0.5, 0.6) is 5.75 Å². The van der Waals surface area contributed by atoms with E-state index in [9.17, 15) is 14.3 Å². The third-order valence-electron chi connectivity index (χ3n) is 5.50. The lowest BCUT2D eigenvalue weighted by Gasteiger charge is -2.43. The average molecular weight is 407 g/mol. The van der Waals surface area contributed by atoms with Gasteiger partial charge in [0, 0.05) is 29.4 Å². The molecule has 2 aromatic heterocycles. The number of nitrogens with zero attached hydrogens (tertiary/aromatic N) is 3. The van der Waals surface area contributed by atoms with Crippen LogP contribution in [-0.4, -0.2) is 38.9 Å². The first-order chi connectivity index (χ1) is 14.4.